The number of fused-ring (bicyclic) bond motifs is 1. The Bertz CT molecular complexity index is 419. The monoisotopic (exact) mass is 209 g/mol. The lowest BCUT2D eigenvalue weighted by Crippen LogP contribution is -2.44. The van der Waals surface area contributed by atoms with Gasteiger partial charge in [0.1, 0.15) is 11.4 Å². The van der Waals surface area contributed by atoms with Crippen molar-refractivity contribution in [1.29, 1.82) is 0 Å². The van der Waals surface area contributed by atoms with Gasteiger partial charge in [-0.05, 0) is 30.2 Å². The maximum Gasteiger partial charge on any atom is 0.329 e. The van der Waals surface area contributed by atoms with E-state index in [2.05, 4.69) is 5.32 Å². The summed E-state index contributed by atoms with van der Waals surface area (Å²) in [5.74, 6) is -1.21. The first-order valence-corrected chi connectivity index (χ1v) is 4.87. The van der Waals surface area contributed by atoms with Crippen LogP contribution in [0.3, 0.4) is 0 Å². The maximum atomic E-state index is 12.9. The lowest BCUT2D eigenvalue weighted by atomic mass is 9.92. The van der Waals surface area contributed by atoms with Crippen molar-refractivity contribution in [2.45, 2.75) is 25.3 Å². The Hall–Kier alpha value is -1.58. The number of hydrogen-bond acceptors (Lipinski definition) is 2. The number of halogens is 1. The van der Waals surface area contributed by atoms with Crippen LogP contribution in [-0.2, 0) is 11.2 Å². The molecular formula is C11H12FNO2. The van der Waals surface area contributed by atoms with E-state index in [0.717, 1.165) is 11.3 Å². The Labute approximate surface area is 86.9 Å². The first-order valence-electron chi connectivity index (χ1n) is 4.87. The van der Waals surface area contributed by atoms with Gasteiger partial charge in [-0.25, -0.2) is 9.18 Å². The van der Waals surface area contributed by atoms with Crippen molar-refractivity contribution in [2.75, 3.05) is 5.32 Å². The van der Waals surface area contributed by atoms with Gasteiger partial charge in [-0.1, -0.05) is 6.92 Å². The van der Waals surface area contributed by atoms with Crippen LogP contribution in [0, 0.1) is 5.82 Å². The predicted molar refractivity (Wildman–Crippen MR) is 54.4 cm³/mol. The van der Waals surface area contributed by atoms with Gasteiger partial charge in [-0.3, -0.25) is 0 Å². The van der Waals surface area contributed by atoms with E-state index in [1.807, 2.05) is 6.92 Å². The fourth-order valence-corrected chi connectivity index (χ4v) is 1.95. The highest BCUT2D eigenvalue weighted by molar-refractivity contribution is 5.86. The third kappa shape index (κ3) is 1.46. The van der Waals surface area contributed by atoms with E-state index in [-0.39, 0.29) is 5.82 Å². The van der Waals surface area contributed by atoms with Gasteiger partial charge in [0, 0.05) is 12.1 Å². The fourth-order valence-electron chi connectivity index (χ4n) is 1.95. The van der Waals surface area contributed by atoms with Gasteiger partial charge < -0.3 is 10.4 Å². The molecule has 0 bridgehead atoms. The zero-order chi connectivity index (χ0) is 11.1. The molecule has 2 rings (SSSR count). The molecule has 0 saturated carbocycles. The SMILES string of the molecule is CCC1(C(=O)O)Cc2cc(F)ccc2N1. The van der Waals surface area contributed by atoms with Gasteiger partial charge in [0.15, 0.2) is 0 Å². The van der Waals surface area contributed by atoms with E-state index < -0.39 is 11.5 Å². The zero-order valence-corrected chi connectivity index (χ0v) is 8.38. The molecule has 0 aliphatic carbocycles. The van der Waals surface area contributed by atoms with Crippen molar-refractivity contribution in [3.8, 4) is 0 Å². The molecule has 80 valence electrons. The topological polar surface area (TPSA) is 49.3 Å². The first-order chi connectivity index (χ1) is 7.07. The van der Waals surface area contributed by atoms with Crippen LogP contribution >= 0.6 is 0 Å². The highest BCUT2D eigenvalue weighted by atomic mass is 19.1. The van der Waals surface area contributed by atoms with Crippen molar-refractivity contribution < 1.29 is 14.3 Å². The van der Waals surface area contributed by atoms with Crippen LogP contribution < -0.4 is 5.32 Å². The van der Waals surface area contributed by atoms with Gasteiger partial charge in [0.25, 0.3) is 0 Å². The second-order valence-electron chi connectivity index (χ2n) is 3.84. The zero-order valence-electron chi connectivity index (χ0n) is 8.38. The third-order valence-corrected chi connectivity index (χ3v) is 2.95. The molecule has 0 spiro atoms. The molecule has 1 unspecified atom stereocenters. The molecule has 1 heterocycles. The molecule has 4 heteroatoms. The molecule has 0 amide bonds. The standard InChI is InChI=1S/C11H12FNO2/c1-2-11(10(14)15)6-7-5-8(12)3-4-9(7)13-11/h3-5,13H,2,6H2,1H3,(H,14,15). The average molecular weight is 209 g/mol. The molecule has 2 N–H and O–H groups in total. The average Bonchev–Trinajstić information content (AvgIpc) is 2.56. The minimum absolute atomic E-state index is 0.326. The van der Waals surface area contributed by atoms with Gasteiger partial charge in [-0.15, -0.1) is 0 Å². The number of benzene rings is 1. The van der Waals surface area contributed by atoms with Crippen molar-refractivity contribution in [3.63, 3.8) is 0 Å². The highest BCUT2D eigenvalue weighted by Crippen LogP contribution is 2.34. The summed E-state index contributed by atoms with van der Waals surface area (Å²) in [7, 11) is 0. The van der Waals surface area contributed by atoms with E-state index >= 15 is 0 Å². The van der Waals surface area contributed by atoms with E-state index in [0.29, 0.717) is 12.8 Å². The first kappa shape index (κ1) is 9.96. The summed E-state index contributed by atoms with van der Waals surface area (Å²) < 4.78 is 12.9. The summed E-state index contributed by atoms with van der Waals surface area (Å²) in [5, 5.41) is 12.1. The summed E-state index contributed by atoms with van der Waals surface area (Å²) >= 11 is 0. The minimum Gasteiger partial charge on any atom is -0.479 e. The Morgan fingerprint density at radius 3 is 3.00 bits per heavy atom. The molecule has 1 aromatic carbocycles. The molecule has 0 radical (unpaired) electrons. The maximum absolute atomic E-state index is 12.9. The number of carboxylic acid groups (broad SMARTS) is 1. The van der Waals surface area contributed by atoms with Crippen molar-refractivity contribution in [2.24, 2.45) is 0 Å². The second kappa shape index (κ2) is 3.22. The largest absolute Gasteiger partial charge is 0.479 e. The molecule has 1 atom stereocenters. The lowest BCUT2D eigenvalue weighted by Gasteiger charge is -2.23. The number of rotatable bonds is 2. The quantitative estimate of drug-likeness (QED) is 0.783. The second-order valence-corrected chi connectivity index (χ2v) is 3.84. The number of carbonyl (C=O) groups is 1. The molecule has 1 aliphatic heterocycles. The van der Waals surface area contributed by atoms with Crippen molar-refractivity contribution in [3.05, 3.63) is 29.6 Å². The van der Waals surface area contributed by atoms with Gasteiger partial charge >= 0.3 is 5.97 Å². The van der Waals surface area contributed by atoms with E-state index in [1.165, 1.54) is 12.1 Å². The molecule has 0 fully saturated rings. The summed E-state index contributed by atoms with van der Waals surface area (Å²) in [4.78, 5) is 11.2. The Morgan fingerprint density at radius 2 is 2.40 bits per heavy atom. The van der Waals surface area contributed by atoms with Gasteiger partial charge in [-0.2, -0.15) is 0 Å². The summed E-state index contributed by atoms with van der Waals surface area (Å²) in [5.41, 5.74) is 0.496. The van der Waals surface area contributed by atoms with Crippen LogP contribution in [0.2, 0.25) is 0 Å². The van der Waals surface area contributed by atoms with Crippen molar-refractivity contribution in [1.82, 2.24) is 0 Å². The van der Waals surface area contributed by atoms with Crippen LogP contribution in [-0.4, -0.2) is 16.6 Å². The molecule has 0 saturated heterocycles. The molecule has 1 aromatic rings. The number of aliphatic carboxylic acids is 1. The van der Waals surface area contributed by atoms with Crippen molar-refractivity contribution >= 4 is 11.7 Å². The number of hydrogen-bond donors (Lipinski definition) is 2. The molecule has 15 heavy (non-hydrogen) atoms. The van der Waals surface area contributed by atoms with E-state index in [9.17, 15) is 9.18 Å². The number of anilines is 1. The molecular weight excluding hydrogens is 197 g/mol. The summed E-state index contributed by atoms with van der Waals surface area (Å²) in [6, 6.07) is 4.31. The summed E-state index contributed by atoms with van der Waals surface area (Å²) in [6.45, 7) is 1.81. The Balaban J connectivity index is 2.39. The molecule has 3 nitrogen and oxygen atoms in total. The fraction of sp³-hybridized carbons (Fsp3) is 0.364. The number of nitrogens with one attached hydrogen (secondary N) is 1. The van der Waals surface area contributed by atoms with E-state index in [1.54, 1.807) is 6.07 Å². The molecule has 1 aliphatic rings. The predicted octanol–water partition coefficient (Wildman–Crippen LogP) is 2.03. The highest BCUT2D eigenvalue weighted by Gasteiger charge is 2.42. The van der Waals surface area contributed by atoms with Gasteiger partial charge in [0.05, 0.1) is 0 Å². The van der Waals surface area contributed by atoms with Crippen LogP contribution in [0.1, 0.15) is 18.9 Å². The number of carboxylic acids is 1. The Morgan fingerprint density at radius 1 is 1.67 bits per heavy atom. The van der Waals surface area contributed by atoms with E-state index in [4.69, 9.17) is 5.11 Å². The van der Waals surface area contributed by atoms with Crippen LogP contribution in [0.5, 0.6) is 0 Å². The minimum atomic E-state index is -0.962. The smallest absolute Gasteiger partial charge is 0.329 e. The Kier molecular flexibility index (Phi) is 2.14. The molecule has 0 aromatic heterocycles. The normalized spacial score (nSPS) is 23.3. The summed E-state index contributed by atoms with van der Waals surface area (Å²) in [6.07, 6.45) is 0.810. The van der Waals surface area contributed by atoms with Crippen LogP contribution in [0.15, 0.2) is 18.2 Å². The lowest BCUT2D eigenvalue weighted by molar-refractivity contribution is -0.142. The third-order valence-electron chi connectivity index (χ3n) is 2.95. The van der Waals surface area contributed by atoms with Gasteiger partial charge in [0.2, 0.25) is 0 Å². The van der Waals surface area contributed by atoms with Crippen LogP contribution in [0.4, 0.5) is 10.1 Å². The van der Waals surface area contributed by atoms with Crippen LogP contribution in [0.25, 0.3) is 0 Å².